The lowest BCUT2D eigenvalue weighted by molar-refractivity contribution is 0.0697. The minimum Gasteiger partial charge on any atom is -0.478 e. The maximum absolute atomic E-state index is 11.1. The van der Waals surface area contributed by atoms with Crippen LogP contribution in [0.25, 0.3) is 33.4 Å². The summed E-state index contributed by atoms with van der Waals surface area (Å²) in [4.78, 5) is 15.5. The Balaban J connectivity index is 1.85. The number of aromatic nitrogens is 1. The van der Waals surface area contributed by atoms with Crippen LogP contribution in [0.15, 0.2) is 71.5 Å². The first-order chi connectivity index (χ1) is 12.1. The van der Waals surface area contributed by atoms with Crippen LogP contribution in [0.1, 0.15) is 10.4 Å². The van der Waals surface area contributed by atoms with Crippen LogP contribution in [0.2, 0.25) is 5.02 Å². The monoisotopic (exact) mass is 349 g/mol. The van der Waals surface area contributed by atoms with Crippen LogP contribution < -0.4 is 0 Å². The molecule has 0 aliphatic heterocycles. The molecule has 2 aromatic carbocycles. The summed E-state index contributed by atoms with van der Waals surface area (Å²) < 4.78 is 5.54. The molecule has 2 heterocycles. The van der Waals surface area contributed by atoms with E-state index in [1.807, 2.05) is 36.4 Å². The molecule has 0 aliphatic rings. The van der Waals surface area contributed by atoms with E-state index in [-0.39, 0.29) is 10.6 Å². The van der Waals surface area contributed by atoms with Gasteiger partial charge in [-0.1, -0.05) is 48.0 Å². The van der Waals surface area contributed by atoms with Gasteiger partial charge in [-0.2, -0.15) is 0 Å². The zero-order valence-corrected chi connectivity index (χ0v) is 13.7. The molecule has 0 saturated carbocycles. The number of aromatic carboxylic acids is 1. The van der Waals surface area contributed by atoms with Gasteiger partial charge in [-0.3, -0.25) is 0 Å². The van der Waals surface area contributed by atoms with E-state index in [1.54, 1.807) is 24.6 Å². The van der Waals surface area contributed by atoms with Crippen molar-refractivity contribution in [3.63, 3.8) is 0 Å². The predicted molar refractivity (Wildman–Crippen MR) is 96.9 cm³/mol. The maximum Gasteiger partial charge on any atom is 0.337 e. The Morgan fingerprint density at radius 2 is 1.80 bits per heavy atom. The van der Waals surface area contributed by atoms with Gasteiger partial charge in [0.05, 0.1) is 10.6 Å². The molecule has 0 bridgehead atoms. The van der Waals surface area contributed by atoms with Crippen molar-refractivity contribution in [2.75, 3.05) is 0 Å². The largest absolute Gasteiger partial charge is 0.478 e. The topological polar surface area (TPSA) is 63.3 Å². The average Bonchev–Trinajstić information content (AvgIpc) is 3.05. The lowest BCUT2D eigenvalue weighted by Gasteiger charge is -2.04. The van der Waals surface area contributed by atoms with Gasteiger partial charge in [0.2, 0.25) is 5.71 Å². The van der Waals surface area contributed by atoms with E-state index in [0.29, 0.717) is 5.71 Å². The van der Waals surface area contributed by atoms with Crippen molar-refractivity contribution in [2.45, 2.75) is 0 Å². The van der Waals surface area contributed by atoms with Gasteiger partial charge in [-0.25, -0.2) is 9.78 Å². The molecule has 25 heavy (non-hydrogen) atoms. The first kappa shape index (κ1) is 15.4. The molecule has 0 radical (unpaired) electrons. The van der Waals surface area contributed by atoms with E-state index in [2.05, 4.69) is 4.98 Å². The van der Waals surface area contributed by atoms with Crippen molar-refractivity contribution >= 4 is 28.7 Å². The van der Waals surface area contributed by atoms with E-state index < -0.39 is 5.97 Å². The third-order valence-corrected chi connectivity index (χ3v) is 4.36. The number of carboxylic acids is 1. The standard InChI is InChI=1S/C20H12ClNO3/c21-18-9-13(6-7-15(18)20(23)24)17-11-25-19-16(17)8-14(10-22-19)12-4-2-1-3-5-12/h1-11H,(H,23,24). The molecule has 0 unspecified atom stereocenters. The molecule has 0 aliphatic carbocycles. The highest BCUT2D eigenvalue weighted by Crippen LogP contribution is 2.34. The molecule has 122 valence electrons. The van der Waals surface area contributed by atoms with Crippen LogP contribution in [0.5, 0.6) is 0 Å². The maximum atomic E-state index is 11.1. The van der Waals surface area contributed by atoms with Crippen LogP contribution in [0.4, 0.5) is 0 Å². The number of halogens is 1. The average molecular weight is 350 g/mol. The van der Waals surface area contributed by atoms with E-state index >= 15 is 0 Å². The Labute approximate surface area is 148 Å². The van der Waals surface area contributed by atoms with E-state index in [9.17, 15) is 4.79 Å². The number of rotatable bonds is 3. The van der Waals surface area contributed by atoms with Gasteiger partial charge in [0.15, 0.2) is 0 Å². The van der Waals surface area contributed by atoms with Crippen molar-refractivity contribution < 1.29 is 14.3 Å². The summed E-state index contributed by atoms with van der Waals surface area (Å²) in [5.41, 5.74) is 4.22. The first-order valence-corrected chi connectivity index (χ1v) is 7.97. The van der Waals surface area contributed by atoms with Crippen LogP contribution >= 0.6 is 11.6 Å². The molecule has 2 aromatic heterocycles. The van der Waals surface area contributed by atoms with Crippen LogP contribution in [-0.4, -0.2) is 16.1 Å². The molecule has 4 aromatic rings. The number of hydrogen-bond acceptors (Lipinski definition) is 3. The number of furan rings is 1. The third kappa shape index (κ3) is 2.77. The molecular formula is C20H12ClNO3. The van der Waals surface area contributed by atoms with Crippen molar-refractivity contribution in [1.82, 2.24) is 4.98 Å². The fraction of sp³-hybridized carbons (Fsp3) is 0. The molecule has 4 nitrogen and oxygen atoms in total. The van der Waals surface area contributed by atoms with Gasteiger partial charge in [-0.05, 0) is 29.3 Å². The van der Waals surface area contributed by atoms with Crippen molar-refractivity contribution in [3.8, 4) is 22.3 Å². The van der Waals surface area contributed by atoms with Gasteiger partial charge in [0, 0.05) is 22.7 Å². The molecule has 0 saturated heterocycles. The zero-order chi connectivity index (χ0) is 17.4. The van der Waals surface area contributed by atoms with Crippen molar-refractivity contribution in [1.29, 1.82) is 0 Å². The smallest absolute Gasteiger partial charge is 0.337 e. The number of carboxylic acid groups (broad SMARTS) is 1. The van der Waals surface area contributed by atoms with Gasteiger partial charge >= 0.3 is 5.97 Å². The fourth-order valence-corrected chi connectivity index (χ4v) is 3.05. The van der Waals surface area contributed by atoms with Gasteiger partial charge in [0.1, 0.15) is 6.26 Å². The summed E-state index contributed by atoms with van der Waals surface area (Å²) in [6.45, 7) is 0. The van der Waals surface area contributed by atoms with Crippen LogP contribution in [0.3, 0.4) is 0 Å². The Bertz CT molecular complexity index is 1090. The zero-order valence-electron chi connectivity index (χ0n) is 12.9. The molecule has 4 rings (SSSR count). The molecule has 5 heteroatoms. The second-order valence-corrected chi connectivity index (χ2v) is 6.00. The number of carbonyl (C=O) groups is 1. The summed E-state index contributed by atoms with van der Waals surface area (Å²) in [5.74, 6) is -1.05. The Kier molecular flexibility index (Phi) is 3.75. The summed E-state index contributed by atoms with van der Waals surface area (Å²) in [7, 11) is 0. The molecule has 0 atom stereocenters. The Morgan fingerprint density at radius 3 is 2.52 bits per heavy atom. The van der Waals surface area contributed by atoms with Gasteiger partial charge in [0.25, 0.3) is 0 Å². The second kappa shape index (κ2) is 6.07. The Hall–Kier alpha value is -3.11. The lowest BCUT2D eigenvalue weighted by atomic mass is 10.0. The third-order valence-electron chi connectivity index (χ3n) is 4.05. The highest BCUT2D eigenvalue weighted by atomic mass is 35.5. The number of benzene rings is 2. The predicted octanol–water partition coefficient (Wildman–Crippen LogP) is 5.51. The summed E-state index contributed by atoms with van der Waals surface area (Å²) in [5, 5.41) is 10.1. The highest BCUT2D eigenvalue weighted by molar-refractivity contribution is 6.33. The SMILES string of the molecule is O=C(O)c1ccc(-c2coc3ncc(-c4ccccc4)cc23)cc1Cl. The van der Waals surface area contributed by atoms with E-state index in [4.69, 9.17) is 21.1 Å². The number of nitrogens with zero attached hydrogens (tertiary/aromatic N) is 1. The fourth-order valence-electron chi connectivity index (χ4n) is 2.79. The molecular weight excluding hydrogens is 338 g/mol. The summed E-state index contributed by atoms with van der Waals surface area (Å²) in [6, 6.07) is 16.8. The summed E-state index contributed by atoms with van der Waals surface area (Å²) >= 11 is 6.09. The minimum absolute atomic E-state index is 0.0707. The molecule has 0 spiro atoms. The molecule has 0 amide bonds. The van der Waals surface area contributed by atoms with Crippen molar-refractivity contribution in [2.24, 2.45) is 0 Å². The minimum atomic E-state index is -1.05. The normalized spacial score (nSPS) is 10.9. The highest BCUT2D eigenvalue weighted by Gasteiger charge is 2.14. The number of fused-ring (bicyclic) bond motifs is 1. The molecule has 0 fully saturated rings. The lowest BCUT2D eigenvalue weighted by Crippen LogP contribution is -1.97. The molecule has 1 N–H and O–H groups in total. The van der Waals surface area contributed by atoms with Crippen LogP contribution in [0, 0.1) is 0 Å². The van der Waals surface area contributed by atoms with Gasteiger partial charge in [-0.15, -0.1) is 0 Å². The summed E-state index contributed by atoms with van der Waals surface area (Å²) in [6.07, 6.45) is 3.38. The quantitative estimate of drug-likeness (QED) is 0.529. The first-order valence-electron chi connectivity index (χ1n) is 7.59. The van der Waals surface area contributed by atoms with Crippen molar-refractivity contribution in [3.05, 3.63) is 77.6 Å². The van der Waals surface area contributed by atoms with E-state index in [1.165, 1.54) is 6.07 Å². The number of hydrogen-bond donors (Lipinski definition) is 1. The second-order valence-electron chi connectivity index (χ2n) is 5.59. The van der Waals surface area contributed by atoms with Gasteiger partial charge < -0.3 is 9.52 Å². The van der Waals surface area contributed by atoms with Crippen LogP contribution in [-0.2, 0) is 0 Å². The van der Waals surface area contributed by atoms with E-state index in [0.717, 1.165) is 27.6 Å². The number of pyridine rings is 1. The Morgan fingerprint density at radius 1 is 1.00 bits per heavy atom.